The van der Waals surface area contributed by atoms with Crippen molar-refractivity contribution >= 4 is 11.6 Å². The summed E-state index contributed by atoms with van der Waals surface area (Å²) in [6, 6.07) is 6.54. The Balaban J connectivity index is 2.20. The molecule has 1 amide bonds. The Morgan fingerprint density at radius 1 is 1.58 bits per heavy atom. The highest BCUT2D eigenvalue weighted by atomic mass is 19.1. The molecule has 1 aromatic carbocycles. The molecule has 0 saturated carbocycles. The second-order valence-corrected chi connectivity index (χ2v) is 4.87. The van der Waals surface area contributed by atoms with Crippen LogP contribution < -0.4 is 10.6 Å². The number of nitrogens with zero attached hydrogens (tertiary/aromatic N) is 2. The fraction of sp³-hybridized carbons (Fsp3) is 0.429. The normalized spacial score (nSPS) is 18.9. The molecule has 1 fully saturated rings. The molecule has 4 nitrogen and oxygen atoms in total. The van der Waals surface area contributed by atoms with Crippen LogP contribution in [0.5, 0.6) is 0 Å². The van der Waals surface area contributed by atoms with E-state index in [0.29, 0.717) is 18.7 Å². The maximum Gasteiger partial charge on any atom is 0.217 e. The number of primary amides is 1. The molecule has 0 radical (unpaired) electrons. The molecule has 2 N–H and O–H groups in total. The van der Waals surface area contributed by atoms with Crippen molar-refractivity contribution < 1.29 is 9.18 Å². The van der Waals surface area contributed by atoms with Crippen LogP contribution in [0.1, 0.15) is 24.8 Å². The fourth-order valence-electron chi connectivity index (χ4n) is 2.62. The van der Waals surface area contributed by atoms with Gasteiger partial charge in [0.2, 0.25) is 5.91 Å². The van der Waals surface area contributed by atoms with Crippen LogP contribution in [-0.2, 0) is 4.79 Å². The number of nitriles is 1. The number of anilines is 1. The second-order valence-electron chi connectivity index (χ2n) is 4.87. The third-order valence-electron chi connectivity index (χ3n) is 3.45. The Kier molecular flexibility index (Phi) is 4.00. The molecule has 1 saturated heterocycles. The summed E-state index contributed by atoms with van der Waals surface area (Å²) in [5, 5.41) is 9.05. The van der Waals surface area contributed by atoms with Crippen molar-refractivity contribution in [1.29, 1.82) is 5.26 Å². The molecule has 5 heteroatoms. The number of hydrogen-bond acceptors (Lipinski definition) is 3. The van der Waals surface area contributed by atoms with E-state index in [1.54, 1.807) is 12.1 Å². The Bertz CT molecular complexity index is 524. The summed E-state index contributed by atoms with van der Waals surface area (Å²) >= 11 is 0. The maximum absolute atomic E-state index is 13.6. The lowest BCUT2D eigenvalue weighted by atomic mass is 9.93. The van der Waals surface area contributed by atoms with Crippen LogP contribution in [-0.4, -0.2) is 19.0 Å². The van der Waals surface area contributed by atoms with Gasteiger partial charge in [0.1, 0.15) is 17.4 Å². The lowest BCUT2D eigenvalue weighted by Gasteiger charge is -2.34. The largest absolute Gasteiger partial charge is 0.370 e. The summed E-state index contributed by atoms with van der Waals surface area (Å²) in [6.07, 6.45) is 2.20. The van der Waals surface area contributed by atoms with E-state index in [1.165, 1.54) is 6.07 Å². The number of hydrogen-bond donors (Lipinski definition) is 1. The number of carbonyl (C=O) groups excluding carboxylic acids is 1. The first-order valence-corrected chi connectivity index (χ1v) is 6.33. The molecule has 0 aliphatic carbocycles. The van der Waals surface area contributed by atoms with Gasteiger partial charge >= 0.3 is 0 Å². The van der Waals surface area contributed by atoms with Crippen molar-refractivity contribution in [2.45, 2.75) is 19.3 Å². The summed E-state index contributed by atoms with van der Waals surface area (Å²) in [7, 11) is 0. The van der Waals surface area contributed by atoms with Crippen LogP contribution in [0.25, 0.3) is 0 Å². The van der Waals surface area contributed by atoms with E-state index in [-0.39, 0.29) is 17.4 Å². The molecule has 1 aliphatic heterocycles. The molecule has 1 aliphatic rings. The second kappa shape index (κ2) is 5.70. The minimum atomic E-state index is -0.503. The SMILES string of the molecule is N#Cc1c(F)cccc1N1CCCC(CC(N)=O)C1. The van der Waals surface area contributed by atoms with Crippen molar-refractivity contribution in [3.05, 3.63) is 29.6 Å². The van der Waals surface area contributed by atoms with Crippen molar-refractivity contribution in [2.24, 2.45) is 11.7 Å². The number of benzene rings is 1. The van der Waals surface area contributed by atoms with E-state index in [0.717, 1.165) is 19.4 Å². The lowest BCUT2D eigenvalue weighted by Crippen LogP contribution is -2.37. The molecule has 2 rings (SSSR count). The van der Waals surface area contributed by atoms with Crippen LogP contribution in [0.4, 0.5) is 10.1 Å². The number of piperidine rings is 1. The Hall–Kier alpha value is -2.09. The third-order valence-corrected chi connectivity index (χ3v) is 3.45. The van der Waals surface area contributed by atoms with Gasteiger partial charge in [-0.1, -0.05) is 6.07 Å². The van der Waals surface area contributed by atoms with Gasteiger partial charge in [-0.25, -0.2) is 4.39 Å². The molecule has 0 spiro atoms. The smallest absolute Gasteiger partial charge is 0.217 e. The zero-order valence-electron chi connectivity index (χ0n) is 10.6. The zero-order chi connectivity index (χ0) is 13.8. The topological polar surface area (TPSA) is 70.1 Å². The molecule has 0 bridgehead atoms. The van der Waals surface area contributed by atoms with Gasteiger partial charge in [-0.2, -0.15) is 5.26 Å². The van der Waals surface area contributed by atoms with E-state index >= 15 is 0 Å². The summed E-state index contributed by atoms with van der Waals surface area (Å²) < 4.78 is 13.6. The number of rotatable bonds is 3. The predicted octanol–water partition coefficient (Wildman–Crippen LogP) is 1.79. The van der Waals surface area contributed by atoms with Gasteiger partial charge in [-0.15, -0.1) is 0 Å². The monoisotopic (exact) mass is 261 g/mol. The van der Waals surface area contributed by atoms with Gasteiger partial charge in [-0.3, -0.25) is 4.79 Å². The third kappa shape index (κ3) is 3.02. The molecule has 1 unspecified atom stereocenters. The van der Waals surface area contributed by atoms with Crippen molar-refractivity contribution in [3.63, 3.8) is 0 Å². The Morgan fingerprint density at radius 3 is 3.05 bits per heavy atom. The maximum atomic E-state index is 13.6. The number of nitrogens with two attached hydrogens (primary N) is 1. The summed E-state index contributed by atoms with van der Waals surface area (Å²) in [4.78, 5) is 13.0. The minimum absolute atomic E-state index is 0.0715. The van der Waals surface area contributed by atoms with Gasteiger partial charge in [0.15, 0.2) is 0 Å². The highest BCUT2D eigenvalue weighted by Gasteiger charge is 2.23. The molecule has 19 heavy (non-hydrogen) atoms. The van der Waals surface area contributed by atoms with Crippen molar-refractivity contribution in [3.8, 4) is 6.07 Å². The minimum Gasteiger partial charge on any atom is -0.370 e. The summed E-state index contributed by atoms with van der Waals surface area (Å²) in [5.41, 5.74) is 5.90. The van der Waals surface area contributed by atoms with Crippen molar-refractivity contribution in [1.82, 2.24) is 0 Å². The van der Waals surface area contributed by atoms with Gasteiger partial charge in [0.25, 0.3) is 0 Å². The van der Waals surface area contributed by atoms with E-state index in [4.69, 9.17) is 11.0 Å². The highest BCUT2D eigenvalue weighted by molar-refractivity contribution is 5.74. The van der Waals surface area contributed by atoms with Gasteiger partial charge < -0.3 is 10.6 Å². The van der Waals surface area contributed by atoms with Gasteiger partial charge in [0, 0.05) is 19.5 Å². The van der Waals surface area contributed by atoms with E-state index in [9.17, 15) is 9.18 Å². The molecular weight excluding hydrogens is 245 g/mol. The number of halogens is 1. The summed E-state index contributed by atoms with van der Waals surface area (Å²) in [6.45, 7) is 1.41. The quantitative estimate of drug-likeness (QED) is 0.901. The molecule has 1 atom stereocenters. The highest BCUT2D eigenvalue weighted by Crippen LogP contribution is 2.28. The standard InChI is InChI=1S/C14H16FN3O/c15-12-4-1-5-13(11(12)8-16)18-6-2-3-10(9-18)7-14(17)19/h1,4-5,10H,2-3,6-7,9H2,(H2,17,19). The van der Waals surface area contributed by atoms with E-state index in [2.05, 4.69) is 0 Å². The van der Waals surface area contributed by atoms with E-state index in [1.807, 2.05) is 11.0 Å². The fourth-order valence-corrected chi connectivity index (χ4v) is 2.62. The van der Waals surface area contributed by atoms with Gasteiger partial charge in [0.05, 0.1) is 5.69 Å². The molecule has 1 aromatic rings. The first-order chi connectivity index (χ1) is 9.11. The average Bonchev–Trinajstić information content (AvgIpc) is 2.38. The number of amides is 1. The lowest BCUT2D eigenvalue weighted by molar-refractivity contribution is -0.118. The molecule has 1 heterocycles. The molecule has 0 aromatic heterocycles. The first-order valence-electron chi connectivity index (χ1n) is 6.33. The van der Waals surface area contributed by atoms with Crippen LogP contribution >= 0.6 is 0 Å². The average molecular weight is 261 g/mol. The van der Waals surface area contributed by atoms with Crippen molar-refractivity contribution in [2.75, 3.05) is 18.0 Å². The van der Waals surface area contributed by atoms with E-state index < -0.39 is 5.82 Å². The van der Waals surface area contributed by atoms with Crippen LogP contribution in [0.15, 0.2) is 18.2 Å². The van der Waals surface area contributed by atoms with Crippen LogP contribution in [0.2, 0.25) is 0 Å². The summed E-state index contributed by atoms with van der Waals surface area (Å²) in [5.74, 6) is -0.635. The first kappa shape index (κ1) is 13.3. The van der Waals surface area contributed by atoms with Gasteiger partial charge in [-0.05, 0) is 30.9 Å². The van der Waals surface area contributed by atoms with Crippen LogP contribution in [0, 0.1) is 23.1 Å². The molecular formula is C14H16FN3O. The van der Waals surface area contributed by atoms with Crippen LogP contribution in [0.3, 0.4) is 0 Å². The number of carbonyl (C=O) groups is 1. The Labute approximate surface area is 111 Å². The molecule has 100 valence electrons. The Morgan fingerprint density at radius 2 is 2.37 bits per heavy atom. The predicted molar refractivity (Wildman–Crippen MR) is 69.9 cm³/mol. The zero-order valence-corrected chi connectivity index (χ0v) is 10.6.